The zero-order chi connectivity index (χ0) is 35.5. The van der Waals surface area contributed by atoms with Gasteiger partial charge in [0.15, 0.2) is 0 Å². The fourth-order valence-electron chi connectivity index (χ4n) is 5.71. The Balaban J connectivity index is 0.000000292. The van der Waals surface area contributed by atoms with E-state index in [0.29, 0.717) is 36.0 Å². The van der Waals surface area contributed by atoms with Gasteiger partial charge in [0.25, 0.3) is 0 Å². The number of benzene rings is 2. The number of hydrogen-bond acceptors (Lipinski definition) is 7. The maximum atomic E-state index is 12.4. The Kier molecular flexibility index (Phi) is 17.2. The molecular weight excluding hydrogens is 667 g/mol. The molecule has 2 aromatic carbocycles. The number of aliphatic hydroxyl groups excluding tert-OH is 1. The predicted molar refractivity (Wildman–Crippen MR) is 197 cm³/mol. The summed E-state index contributed by atoms with van der Waals surface area (Å²) >= 11 is 11.8. The number of methoxy groups -OCH3 is 1. The Labute approximate surface area is 304 Å². The summed E-state index contributed by atoms with van der Waals surface area (Å²) in [6.45, 7) is 14.1. The van der Waals surface area contributed by atoms with Crippen molar-refractivity contribution in [1.29, 1.82) is 0 Å². The van der Waals surface area contributed by atoms with Gasteiger partial charge in [-0.1, -0.05) is 54.9 Å². The van der Waals surface area contributed by atoms with E-state index in [0.717, 1.165) is 37.2 Å². The van der Waals surface area contributed by atoms with Crippen molar-refractivity contribution in [3.8, 4) is 0 Å². The van der Waals surface area contributed by atoms with Gasteiger partial charge in [0.05, 0.1) is 25.3 Å². The van der Waals surface area contributed by atoms with Gasteiger partial charge in [-0.15, -0.1) is 0 Å². The highest BCUT2D eigenvalue weighted by atomic mass is 35.5. The molecule has 3 saturated heterocycles. The molecule has 11 heteroatoms. The highest BCUT2D eigenvalue weighted by Gasteiger charge is 2.38. The molecule has 0 unspecified atom stereocenters. The second kappa shape index (κ2) is 19.7. The maximum Gasteiger partial charge on any atom is 0.410 e. The number of nitrogens with zero attached hydrogens (tertiary/aromatic N) is 2. The van der Waals surface area contributed by atoms with E-state index in [-0.39, 0.29) is 37.8 Å². The molecule has 0 saturated carbocycles. The van der Waals surface area contributed by atoms with Gasteiger partial charge >= 0.3 is 12.2 Å². The van der Waals surface area contributed by atoms with Crippen LogP contribution in [0.2, 0.25) is 10.0 Å². The van der Waals surface area contributed by atoms with Gasteiger partial charge in [0.2, 0.25) is 0 Å². The Morgan fingerprint density at radius 2 is 1.16 bits per heavy atom. The van der Waals surface area contributed by atoms with E-state index in [1.54, 1.807) is 16.9 Å². The zero-order valence-electron chi connectivity index (χ0n) is 29.5. The van der Waals surface area contributed by atoms with E-state index in [1.807, 2.05) is 90.1 Å². The quantitative estimate of drug-likeness (QED) is 0.330. The van der Waals surface area contributed by atoms with Gasteiger partial charge < -0.3 is 33.9 Å². The molecule has 3 aliphatic heterocycles. The van der Waals surface area contributed by atoms with Crippen molar-refractivity contribution in [2.24, 2.45) is 0 Å². The number of amides is 2. The number of ether oxygens (including phenoxy) is 4. The Bertz CT molecular complexity index is 1270. The van der Waals surface area contributed by atoms with E-state index < -0.39 is 17.3 Å². The van der Waals surface area contributed by atoms with Crippen LogP contribution in [0.25, 0.3) is 0 Å². The molecule has 0 bridgehead atoms. The average molecular weight is 726 g/mol. The van der Waals surface area contributed by atoms with Crippen LogP contribution in [0.3, 0.4) is 0 Å². The lowest BCUT2D eigenvalue weighted by atomic mass is 10.0. The first-order chi connectivity index (χ1) is 22.5. The minimum Gasteiger partial charge on any atom is -0.444 e. The number of likely N-dealkylation sites (tertiary alicyclic amines) is 2. The lowest BCUT2D eigenvalue weighted by Gasteiger charge is -2.28. The molecule has 49 heavy (non-hydrogen) atoms. The molecule has 3 heterocycles. The van der Waals surface area contributed by atoms with E-state index in [2.05, 4.69) is 0 Å². The molecular formula is C38H58Cl2N2O7. The topological polar surface area (TPSA) is 97.8 Å². The predicted octanol–water partition coefficient (Wildman–Crippen LogP) is 8.59. The van der Waals surface area contributed by atoms with Crippen molar-refractivity contribution in [3.63, 3.8) is 0 Å². The summed E-state index contributed by atoms with van der Waals surface area (Å²) in [4.78, 5) is 28.1. The third-order valence-electron chi connectivity index (χ3n) is 7.95. The van der Waals surface area contributed by atoms with Crippen molar-refractivity contribution >= 4 is 35.4 Å². The Hall–Kier alpha value is -2.56. The van der Waals surface area contributed by atoms with Gasteiger partial charge in [0.1, 0.15) is 11.2 Å². The largest absolute Gasteiger partial charge is 0.444 e. The number of carbonyl (C=O) groups is 2. The van der Waals surface area contributed by atoms with Crippen molar-refractivity contribution in [2.45, 2.75) is 123 Å². The number of halogens is 2. The second-order valence-electron chi connectivity index (χ2n) is 14.5. The molecule has 0 aromatic heterocycles. The average Bonchev–Trinajstić information content (AvgIpc) is 3.77. The van der Waals surface area contributed by atoms with E-state index in [4.69, 9.17) is 42.1 Å². The zero-order valence-corrected chi connectivity index (χ0v) is 31.1. The van der Waals surface area contributed by atoms with Crippen LogP contribution in [-0.2, 0) is 31.8 Å². The Morgan fingerprint density at radius 1 is 0.755 bits per heavy atom. The summed E-state index contributed by atoms with van der Waals surface area (Å²) in [7, 11) is 1.68. The number of aliphatic hydroxyl groups is 1. The minimum atomic E-state index is -0.532. The van der Waals surface area contributed by atoms with Crippen LogP contribution >= 0.6 is 23.2 Å². The van der Waals surface area contributed by atoms with E-state index in [1.165, 1.54) is 12.8 Å². The van der Waals surface area contributed by atoms with Crippen molar-refractivity contribution in [2.75, 3.05) is 33.4 Å². The fourth-order valence-corrected chi connectivity index (χ4v) is 5.96. The summed E-state index contributed by atoms with van der Waals surface area (Å²) in [5.41, 5.74) is 1.22. The number of hydrogen-bond donors (Lipinski definition) is 1. The summed E-state index contributed by atoms with van der Waals surface area (Å²) in [6.07, 6.45) is 4.34. The molecule has 0 radical (unpaired) electrons. The maximum absolute atomic E-state index is 12.4. The molecule has 3 aliphatic rings. The molecule has 276 valence electrons. The minimum absolute atomic E-state index is 0. The van der Waals surface area contributed by atoms with Crippen molar-refractivity contribution in [1.82, 2.24) is 9.80 Å². The lowest BCUT2D eigenvalue weighted by molar-refractivity contribution is 0.0191. The van der Waals surface area contributed by atoms with Crippen molar-refractivity contribution < 1.29 is 33.6 Å². The molecule has 3 fully saturated rings. The number of β-amino-alcohol motifs (C(OH)–C–C–N with tert-alkyl or cyclic N) is 1. The molecule has 0 spiro atoms. The highest BCUT2D eigenvalue weighted by molar-refractivity contribution is 6.30. The van der Waals surface area contributed by atoms with Crippen LogP contribution < -0.4 is 0 Å². The molecule has 0 aliphatic carbocycles. The summed E-state index contributed by atoms with van der Waals surface area (Å²) < 4.78 is 21.3. The molecule has 5 rings (SSSR count). The molecule has 9 nitrogen and oxygen atoms in total. The first-order valence-electron chi connectivity index (χ1n) is 16.8. The summed E-state index contributed by atoms with van der Waals surface area (Å²) in [5.74, 6) is 0. The normalized spacial score (nSPS) is 21.9. The first kappa shape index (κ1) is 42.6. The summed E-state index contributed by atoms with van der Waals surface area (Å²) in [5, 5.41) is 11.3. The van der Waals surface area contributed by atoms with Crippen LogP contribution in [-0.4, -0.2) is 96.0 Å². The third kappa shape index (κ3) is 15.5. The van der Waals surface area contributed by atoms with Crippen LogP contribution in [0, 0.1) is 0 Å². The smallest absolute Gasteiger partial charge is 0.410 e. The number of rotatable bonds is 5. The third-order valence-corrected chi connectivity index (χ3v) is 8.46. The van der Waals surface area contributed by atoms with Crippen LogP contribution in [0.4, 0.5) is 9.59 Å². The van der Waals surface area contributed by atoms with Crippen LogP contribution in [0.5, 0.6) is 0 Å². The highest BCUT2D eigenvalue weighted by Crippen LogP contribution is 2.27. The molecule has 4 atom stereocenters. The van der Waals surface area contributed by atoms with Crippen molar-refractivity contribution in [3.05, 3.63) is 69.7 Å². The van der Waals surface area contributed by atoms with Gasteiger partial charge in [0, 0.05) is 42.5 Å². The van der Waals surface area contributed by atoms with Gasteiger partial charge in [-0.3, -0.25) is 0 Å². The fraction of sp³-hybridized carbons (Fsp3) is 0.632. The van der Waals surface area contributed by atoms with Crippen LogP contribution in [0.15, 0.2) is 48.5 Å². The molecule has 2 aromatic rings. The first-order valence-corrected chi connectivity index (χ1v) is 17.6. The van der Waals surface area contributed by atoms with Gasteiger partial charge in [-0.05, 0) is 115 Å². The van der Waals surface area contributed by atoms with E-state index in [9.17, 15) is 14.7 Å². The summed E-state index contributed by atoms with van der Waals surface area (Å²) in [6, 6.07) is 15.3. The standard InChI is InChI=1S/C17H24ClNO3.C16H22ClNO3.C4H8O.CH4/c1-17(2,3)22-16(20)19-11-15(21-4)10-14(19)9-12-5-7-13(18)8-6-12;1-16(2,3)21-15(20)18-10-14(19)9-13(18)8-11-4-6-12(17)7-5-11;1-2-4-5-3-1;/h5-8,14-15H,9-11H2,1-4H3;4-7,13-14,19H,8-10H2,1-3H3;1-4H2;1H4/t14-,15-;13-,14-;;/m00../s1. The van der Waals surface area contributed by atoms with Gasteiger partial charge in [-0.25, -0.2) is 9.59 Å². The van der Waals surface area contributed by atoms with Gasteiger partial charge in [-0.2, -0.15) is 0 Å². The van der Waals surface area contributed by atoms with Crippen LogP contribution in [0.1, 0.15) is 85.8 Å². The Morgan fingerprint density at radius 3 is 1.53 bits per heavy atom. The molecule has 2 amide bonds. The molecule has 1 N–H and O–H groups in total. The SMILES string of the molecule is C.C1CCOC1.CC(C)(C)OC(=O)N1C[C@@H](O)C[C@@H]1Cc1ccc(Cl)cc1.CO[C@H]1C[C@H](Cc2ccc(Cl)cc2)N(C(=O)OC(C)(C)C)C1. The second-order valence-corrected chi connectivity index (χ2v) is 15.4. The number of carbonyl (C=O) groups excluding carboxylic acids is 2. The van der Waals surface area contributed by atoms with E-state index >= 15 is 0 Å². The monoisotopic (exact) mass is 724 g/mol. The lowest BCUT2D eigenvalue weighted by Crippen LogP contribution is -2.41.